The third kappa shape index (κ3) is 2.75. The van der Waals surface area contributed by atoms with Crippen LogP contribution in [0.3, 0.4) is 0 Å². The summed E-state index contributed by atoms with van der Waals surface area (Å²) in [5.41, 5.74) is 0.356. The number of thioether (sulfide) groups is 1. The van der Waals surface area contributed by atoms with E-state index in [9.17, 15) is 4.79 Å². The Kier molecular flexibility index (Phi) is 3.80. The van der Waals surface area contributed by atoms with Crippen molar-refractivity contribution in [3.8, 4) is 0 Å². The molecule has 1 aliphatic rings. The highest BCUT2D eigenvalue weighted by molar-refractivity contribution is 8.02. The number of rotatable bonds is 3. The fraction of sp³-hybridized carbons (Fsp3) is 0.417. The lowest BCUT2D eigenvalue weighted by Gasteiger charge is -2.18. The number of hydrogen-bond donors (Lipinski definition) is 1. The van der Waals surface area contributed by atoms with E-state index in [4.69, 9.17) is 5.11 Å². The van der Waals surface area contributed by atoms with E-state index in [0.29, 0.717) is 5.57 Å². The van der Waals surface area contributed by atoms with E-state index < -0.39 is 5.97 Å². The van der Waals surface area contributed by atoms with Crippen LogP contribution in [0.25, 0.3) is 0 Å². The van der Waals surface area contributed by atoms with Gasteiger partial charge in [-0.3, -0.25) is 0 Å². The zero-order chi connectivity index (χ0) is 11.5. The highest BCUT2D eigenvalue weighted by Gasteiger charge is 2.19. The molecule has 0 fully saturated rings. The lowest BCUT2D eigenvalue weighted by atomic mass is 9.87. The maximum atomic E-state index is 11.0. The summed E-state index contributed by atoms with van der Waals surface area (Å²) in [5.74, 6) is -0.861. The fourth-order valence-electron chi connectivity index (χ4n) is 1.36. The van der Waals surface area contributed by atoms with Gasteiger partial charge in [-0.05, 0) is 18.8 Å². The minimum absolute atomic E-state index is 0.0296. The van der Waals surface area contributed by atoms with Crippen LogP contribution >= 0.6 is 11.8 Å². The molecule has 3 heteroatoms. The molecule has 0 aromatic heterocycles. The normalized spacial score (nSPS) is 25.5. The average molecular weight is 224 g/mol. The first kappa shape index (κ1) is 12.1. The van der Waals surface area contributed by atoms with Crippen LogP contribution in [0.4, 0.5) is 0 Å². The minimum Gasteiger partial charge on any atom is -0.478 e. The van der Waals surface area contributed by atoms with Gasteiger partial charge in [0.25, 0.3) is 0 Å². The molecular weight excluding hydrogens is 208 g/mol. The van der Waals surface area contributed by atoms with Crippen LogP contribution in [0, 0.1) is 5.41 Å². The molecule has 1 aliphatic carbocycles. The molecule has 1 atom stereocenters. The predicted molar refractivity (Wildman–Crippen MR) is 64.9 cm³/mol. The number of carboxylic acid groups (broad SMARTS) is 1. The van der Waals surface area contributed by atoms with Crippen LogP contribution in [-0.2, 0) is 4.79 Å². The Morgan fingerprint density at radius 1 is 1.47 bits per heavy atom. The summed E-state index contributed by atoms with van der Waals surface area (Å²) in [7, 11) is 0. The molecule has 0 radical (unpaired) electrons. The topological polar surface area (TPSA) is 37.3 Å². The van der Waals surface area contributed by atoms with Gasteiger partial charge in [-0.2, -0.15) is 0 Å². The summed E-state index contributed by atoms with van der Waals surface area (Å²) in [4.78, 5) is 11.8. The molecule has 0 heterocycles. The monoisotopic (exact) mass is 224 g/mol. The summed E-state index contributed by atoms with van der Waals surface area (Å²) in [6.45, 7) is 4.20. The molecule has 0 saturated heterocycles. The van der Waals surface area contributed by atoms with Crippen molar-refractivity contribution in [1.82, 2.24) is 0 Å². The molecule has 0 saturated carbocycles. The summed E-state index contributed by atoms with van der Waals surface area (Å²) in [5, 5.41) is 9.05. The maximum Gasteiger partial charge on any atom is 0.336 e. The first-order valence-electron chi connectivity index (χ1n) is 4.92. The molecule has 1 N–H and O–H groups in total. The zero-order valence-electron chi connectivity index (χ0n) is 9.28. The molecule has 82 valence electrons. The number of hydrogen-bond acceptors (Lipinski definition) is 2. The molecule has 1 rings (SSSR count). The van der Waals surface area contributed by atoms with Crippen molar-refractivity contribution in [3.63, 3.8) is 0 Å². The number of allylic oxidation sites excluding steroid dienone is 3. The molecule has 1 unspecified atom stereocenters. The van der Waals surface area contributed by atoms with Crippen molar-refractivity contribution in [2.24, 2.45) is 5.41 Å². The van der Waals surface area contributed by atoms with Crippen LogP contribution in [0.15, 0.2) is 34.8 Å². The van der Waals surface area contributed by atoms with Crippen LogP contribution in [0.5, 0.6) is 0 Å². The summed E-state index contributed by atoms with van der Waals surface area (Å²) in [6, 6.07) is 0. The van der Waals surface area contributed by atoms with Crippen molar-refractivity contribution >= 4 is 17.7 Å². The maximum absolute atomic E-state index is 11.0. The van der Waals surface area contributed by atoms with Gasteiger partial charge in [0.2, 0.25) is 0 Å². The molecule has 0 bridgehead atoms. The third-order valence-electron chi connectivity index (χ3n) is 2.72. The molecule has 0 aromatic carbocycles. The Morgan fingerprint density at radius 3 is 2.53 bits per heavy atom. The van der Waals surface area contributed by atoms with Crippen LogP contribution < -0.4 is 0 Å². The van der Waals surface area contributed by atoms with Crippen molar-refractivity contribution in [3.05, 3.63) is 34.8 Å². The average Bonchev–Trinajstić information content (AvgIpc) is 2.38. The standard InChI is InChI=1S/C12H16O2S/c1-4-12(2)7-5-9(11(13)14)10(15-3)6-8-12/h5-8H,4H2,1-3H3,(H,13,14). The lowest BCUT2D eigenvalue weighted by Crippen LogP contribution is -2.06. The van der Waals surface area contributed by atoms with E-state index in [1.807, 2.05) is 18.4 Å². The van der Waals surface area contributed by atoms with Gasteiger partial charge in [0.15, 0.2) is 0 Å². The third-order valence-corrected chi connectivity index (χ3v) is 3.52. The van der Waals surface area contributed by atoms with E-state index in [1.165, 1.54) is 11.8 Å². The number of carboxylic acids is 1. The quantitative estimate of drug-likeness (QED) is 0.799. The van der Waals surface area contributed by atoms with E-state index in [0.717, 1.165) is 11.3 Å². The highest BCUT2D eigenvalue weighted by Crippen LogP contribution is 2.32. The van der Waals surface area contributed by atoms with Crippen molar-refractivity contribution in [1.29, 1.82) is 0 Å². The van der Waals surface area contributed by atoms with Gasteiger partial charge < -0.3 is 5.11 Å². The summed E-state index contributed by atoms with van der Waals surface area (Å²) >= 11 is 1.47. The van der Waals surface area contributed by atoms with Crippen LogP contribution in [-0.4, -0.2) is 17.3 Å². The largest absolute Gasteiger partial charge is 0.478 e. The van der Waals surface area contributed by atoms with Crippen molar-refractivity contribution in [2.45, 2.75) is 20.3 Å². The second kappa shape index (κ2) is 4.71. The molecule has 0 aliphatic heterocycles. The first-order chi connectivity index (χ1) is 7.02. The van der Waals surface area contributed by atoms with Crippen LogP contribution in [0.2, 0.25) is 0 Å². The zero-order valence-corrected chi connectivity index (χ0v) is 10.1. The summed E-state index contributed by atoms with van der Waals surface area (Å²) < 4.78 is 0. The Bertz CT molecular complexity index is 353. The van der Waals surface area contributed by atoms with Gasteiger partial charge >= 0.3 is 5.97 Å². The number of aliphatic carboxylic acids is 1. The Balaban J connectivity index is 3.15. The van der Waals surface area contributed by atoms with E-state index in [-0.39, 0.29) is 5.41 Å². The summed E-state index contributed by atoms with van der Waals surface area (Å²) in [6.07, 6.45) is 10.5. The Morgan fingerprint density at radius 2 is 2.07 bits per heavy atom. The molecule has 0 aromatic rings. The number of carbonyl (C=O) groups is 1. The first-order valence-corrected chi connectivity index (χ1v) is 6.15. The molecule has 0 spiro atoms. The highest BCUT2D eigenvalue weighted by atomic mass is 32.2. The minimum atomic E-state index is -0.861. The van der Waals surface area contributed by atoms with E-state index in [2.05, 4.69) is 19.9 Å². The lowest BCUT2D eigenvalue weighted by molar-refractivity contribution is -0.132. The molecule has 15 heavy (non-hydrogen) atoms. The van der Waals surface area contributed by atoms with Crippen molar-refractivity contribution < 1.29 is 9.90 Å². The fourth-order valence-corrected chi connectivity index (χ4v) is 1.94. The van der Waals surface area contributed by atoms with Crippen LogP contribution in [0.1, 0.15) is 20.3 Å². The van der Waals surface area contributed by atoms with Gasteiger partial charge in [0.05, 0.1) is 5.57 Å². The molecule has 2 nitrogen and oxygen atoms in total. The second-order valence-corrected chi connectivity index (χ2v) is 4.66. The predicted octanol–water partition coefficient (Wildman–Crippen LogP) is 3.23. The second-order valence-electron chi connectivity index (χ2n) is 3.81. The van der Waals surface area contributed by atoms with Gasteiger partial charge in [-0.25, -0.2) is 4.79 Å². The smallest absolute Gasteiger partial charge is 0.336 e. The molecular formula is C12H16O2S. The molecule has 0 amide bonds. The van der Waals surface area contributed by atoms with Gasteiger partial charge in [0, 0.05) is 10.3 Å². The van der Waals surface area contributed by atoms with Crippen molar-refractivity contribution in [2.75, 3.05) is 6.26 Å². The SMILES string of the molecule is CCC1(C)C=CC(SC)=C(C(=O)O)C=C1. The van der Waals surface area contributed by atoms with Gasteiger partial charge in [0.1, 0.15) is 0 Å². The Labute approximate surface area is 94.8 Å². The van der Waals surface area contributed by atoms with E-state index in [1.54, 1.807) is 6.08 Å². The van der Waals surface area contributed by atoms with Gasteiger partial charge in [-0.15, -0.1) is 11.8 Å². The van der Waals surface area contributed by atoms with E-state index >= 15 is 0 Å². The Hall–Kier alpha value is -0.960. The van der Waals surface area contributed by atoms with Gasteiger partial charge in [-0.1, -0.05) is 32.1 Å².